The Kier molecular flexibility index (Phi) is 4.12. The molecule has 1 aliphatic heterocycles. The van der Waals surface area contributed by atoms with E-state index in [1.54, 1.807) is 4.90 Å². The summed E-state index contributed by atoms with van der Waals surface area (Å²) in [5.41, 5.74) is 0.983. The maximum atomic E-state index is 12.5. The number of nitrogens with zero attached hydrogens (tertiary/aromatic N) is 1. The van der Waals surface area contributed by atoms with E-state index >= 15 is 0 Å². The van der Waals surface area contributed by atoms with Crippen LogP contribution in [0.4, 0.5) is 0 Å². The summed E-state index contributed by atoms with van der Waals surface area (Å²) in [6.07, 6.45) is 2.48. The van der Waals surface area contributed by atoms with Crippen LogP contribution in [0.25, 0.3) is 0 Å². The third-order valence-electron chi connectivity index (χ3n) is 4.27. The Morgan fingerprint density at radius 3 is 2.55 bits per heavy atom. The van der Waals surface area contributed by atoms with Gasteiger partial charge in [0.2, 0.25) is 0 Å². The highest BCUT2D eigenvalue weighted by atomic mass is 32.2. The molecule has 5 nitrogen and oxygen atoms in total. The largest absolute Gasteiger partial charge is 0.484 e. The van der Waals surface area contributed by atoms with Gasteiger partial charge in [0.15, 0.2) is 16.4 Å². The highest BCUT2D eigenvalue weighted by Gasteiger charge is 2.42. The highest BCUT2D eigenvalue weighted by Crippen LogP contribution is 2.32. The molecule has 1 saturated heterocycles. The Morgan fingerprint density at radius 1 is 1.23 bits per heavy atom. The van der Waals surface area contributed by atoms with E-state index in [9.17, 15) is 13.2 Å². The lowest BCUT2D eigenvalue weighted by molar-refractivity contribution is -0.135. The molecule has 0 radical (unpaired) electrons. The summed E-state index contributed by atoms with van der Waals surface area (Å²) in [5, 5.41) is 0. The molecule has 1 unspecified atom stereocenters. The second kappa shape index (κ2) is 5.91. The quantitative estimate of drug-likeness (QED) is 0.825. The van der Waals surface area contributed by atoms with E-state index in [-0.39, 0.29) is 36.1 Å². The van der Waals surface area contributed by atoms with E-state index in [1.807, 2.05) is 31.2 Å². The zero-order chi connectivity index (χ0) is 15.7. The zero-order valence-electron chi connectivity index (χ0n) is 12.7. The van der Waals surface area contributed by atoms with Crippen LogP contribution in [0, 0.1) is 6.92 Å². The van der Waals surface area contributed by atoms with Crippen molar-refractivity contribution < 1.29 is 17.9 Å². The van der Waals surface area contributed by atoms with Crippen molar-refractivity contribution in [2.45, 2.75) is 38.3 Å². The molecule has 6 heteroatoms. The molecule has 0 N–H and O–H groups in total. The molecular formula is C16H21NO4S. The van der Waals surface area contributed by atoms with Gasteiger partial charge in [-0.2, -0.15) is 0 Å². The molecule has 0 spiro atoms. The fourth-order valence-electron chi connectivity index (χ4n) is 2.99. The SMILES string of the molecule is Cc1ccccc1OCC(=O)N(C1CC1)C1CCS(=O)(=O)C1. The van der Waals surface area contributed by atoms with Crippen LogP contribution in [0.2, 0.25) is 0 Å². The van der Waals surface area contributed by atoms with Gasteiger partial charge in [0.05, 0.1) is 11.5 Å². The number of ether oxygens (including phenoxy) is 1. The van der Waals surface area contributed by atoms with Gasteiger partial charge >= 0.3 is 0 Å². The minimum absolute atomic E-state index is 0.0299. The van der Waals surface area contributed by atoms with Crippen molar-refractivity contribution in [1.29, 1.82) is 0 Å². The van der Waals surface area contributed by atoms with E-state index in [1.165, 1.54) is 0 Å². The zero-order valence-corrected chi connectivity index (χ0v) is 13.5. The molecule has 2 fully saturated rings. The van der Waals surface area contributed by atoms with Gasteiger partial charge in [-0.3, -0.25) is 4.79 Å². The molecule has 3 rings (SSSR count). The van der Waals surface area contributed by atoms with Crippen LogP contribution in [-0.2, 0) is 14.6 Å². The van der Waals surface area contributed by atoms with Crippen molar-refractivity contribution in [3.63, 3.8) is 0 Å². The average Bonchev–Trinajstić information content (AvgIpc) is 3.22. The maximum absolute atomic E-state index is 12.5. The molecule has 1 amide bonds. The summed E-state index contributed by atoms with van der Waals surface area (Å²) < 4.78 is 29.0. The Balaban J connectivity index is 1.65. The number of rotatable bonds is 5. The van der Waals surface area contributed by atoms with Gasteiger partial charge in [-0.15, -0.1) is 0 Å². The van der Waals surface area contributed by atoms with Gasteiger partial charge in [0.25, 0.3) is 5.91 Å². The first-order chi connectivity index (χ1) is 10.5. The van der Waals surface area contributed by atoms with Crippen molar-refractivity contribution in [2.75, 3.05) is 18.1 Å². The first-order valence-electron chi connectivity index (χ1n) is 7.66. The Labute approximate surface area is 131 Å². The van der Waals surface area contributed by atoms with Gasteiger partial charge < -0.3 is 9.64 Å². The van der Waals surface area contributed by atoms with Crippen molar-refractivity contribution in [1.82, 2.24) is 4.90 Å². The number of benzene rings is 1. The van der Waals surface area contributed by atoms with Crippen LogP contribution in [0.3, 0.4) is 0 Å². The third-order valence-corrected chi connectivity index (χ3v) is 6.03. The maximum Gasteiger partial charge on any atom is 0.261 e. The smallest absolute Gasteiger partial charge is 0.261 e. The molecule has 0 bridgehead atoms. The molecule has 1 aliphatic carbocycles. The van der Waals surface area contributed by atoms with E-state index < -0.39 is 9.84 Å². The number of para-hydroxylation sites is 1. The summed E-state index contributed by atoms with van der Waals surface area (Å²) in [6.45, 7) is 1.90. The van der Waals surface area contributed by atoms with E-state index in [4.69, 9.17) is 4.74 Å². The van der Waals surface area contributed by atoms with Crippen molar-refractivity contribution in [3.8, 4) is 5.75 Å². The highest BCUT2D eigenvalue weighted by molar-refractivity contribution is 7.91. The van der Waals surface area contributed by atoms with Gasteiger partial charge in [-0.1, -0.05) is 18.2 Å². The predicted molar refractivity (Wildman–Crippen MR) is 83.6 cm³/mol. The molecule has 1 aromatic carbocycles. The standard InChI is InChI=1S/C16H21NO4S/c1-12-4-2-3-5-15(12)21-10-16(18)17(13-6-7-13)14-8-9-22(19,20)11-14/h2-5,13-14H,6-11H2,1H3. The van der Waals surface area contributed by atoms with Crippen LogP contribution in [0.1, 0.15) is 24.8 Å². The molecule has 2 aliphatic rings. The van der Waals surface area contributed by atoms with Gasteiger partial charge in [0.1, 0.15) is 5.75 Å². The first-order valence-corrected chi connectivity index (χ1v) is 9.48. The lowest BCUT2D eigenvalue weighted by atomic mass is 10.2. The van der Waals surface area contributed by atoms with Gasteiger partial charge in [0, 0.05) is 12.1 Å². The molecule has 1 heterocycles. The first kappa shape index (κ1) is 15.3. The number of aryl methyl sites for hydroxylation is 1. The summed E-state index contributed by atoms with van der Waals surface area (Å²) >= 11 is 0. The predicted octanol–water partition coefficient (Wildman–Crippen LogP) is 1.55. The van der Waals surface area contributed by atoms with E-state index in [2.05, 4.69) is 0 Å². The average molecular weight is 323 g/mol. The number of hydrogen-bond acceptors (Lipinski definition) is 4. The van der Waals surface area contributed by atoms with Crippen LogP contribution in [0.5, 0.6) is 5.75 Å². The molecule has 120 valence electrons. The Bertz CT molecular complexity index is 666. The fraction of sp³-hybridized carbons (Fsp3) is 0.562. The molecule has 22 heavy (non-hydrogen) atoms. The summed E-state index contributed by atoms with van der Waals surface area (Å²) in [5.74, 6) is 0.880. The van der Waals surface area contributed by atoms with Gasteiger partial charge in [-0.05, 0) is 37.8 Å². The van der Waals surface area contributed by atoms with Crippen LogP contribution < -0.4 is 4.74 Å². The molecule has 1 atom stereocenters. The normalized spacial score (nSPS) is 23.2. The van der Waals surface area contributed by atoms with Crippen molar-refractivity contribution in [3.05, 3.63) is 29.8 Å². The number of hydrogen-bond donors (Lipinski definition) is 0. The van der Waals surface area contributed by atoms with Crippen LogP contribution >= 0.6 is 0 Å². The molecule has 0 aromatic heterocycles. The minimum atomic E-state index is -2.99. The van der Waals surface area contributed by atoms with Crippen LogP contribution in [0.15, 0.2) is 24.3 Å². The monoisotopic (exact) mass is 323 g/mol. The Hall–Kier alpha value is -1.56. The number of amides is 1. The lowest BCUT2D eigenvalue weighted by Gasteiger charge is -2.28. The van der Waals surface area contributed by atoms with Crippen molar-refractivity contribution >= 4 is 15.7 Å². The summed E-state index contributed by atoms with van der Waals surface area (Å²) in [4.78, 5) is 14.3. The van der Waals surface area contributed by atoms with E-state index in [0.717, 1.165) is 18.4 Å². The summed E-state index contributed by atoms with van der Waals surface area (Å²) in [6, 6.07) is 7.59. The number of carbonyl (C=O) groups is 1. The molecule has 1 aromatic rings. The minimum Gasteiger partial charge on any atom is -0.484 e. The van der Waals surface area contributed by atoms with Gasteiger partial charge in [-0.25, -0.2) is 8.42 Å². The molecule has 1 saturated carbocycles. The van der Waals surface area contributed by atoms with Crippen molar-refractivity contribution in [2.24, 2.45) is 0 Å². The number of sulfone groups is 1. The number of carbonyl (C=O) groups excluding carboxylic acids is 1. The second-order valence-electron chi connectivity index (χ2n) is 6.14. The fourth-order valence-corrected chi connectivity index (χ4v) is 4.70. The third kappa shape index (κ3) is 3.43. The van der Waals surface area contributed by atoms with Crippen LogP contribution in [-0.4, -0.2) is 49.4 Å². The summed E-state index contributed by atoms with van der Waals surface area (Å²) in [7, 11) is -2.99. The topological polar surface area (TPSA) is 63.7 Å². The lowest BCUT2D eigenvalue weighted by Crippen LogP contribution is -2.45. The second-order valence-corrected chi connectivity index (χ2v) is 8.37. The van der Waals surface area contributed by atoms with E-state index in [0.29, 0.717) is 12.2 Å². The Morgan fingerprint density at radius 2 is 1.95 bits per heavy atom. The molecular weight excluding hydrogens is 302 g/mol.